The Morgan fingerprint density at radius 1 is 0.968 bits per heavy atom. The smallest absolute Gasteiger partial charge is 0.259 e. The topological polar surface area (TPSA) is 65.4 Å². The minimum Gasteiger partial charge on any atom is -0.497 e. The van der Waals surface area contributed by atoms with Crippen LogP contribution in [-0.2, 0) is 0 Å². The molecule has 0 aliphatic carbocycles. The lowest BCUT2D eigenvalue weighted by atomic mass is 10.1. The van der Waals surface area contributed by atoms with Crippen LogP contribution in [0.15, 0.2) is 79.0 Å². The summed E-state index contributed by atoms with van der Waals surface area (Å²) in [6.45, 7) is 0. The Morgan fingerprint density at radius 2 is 1.71 bits per heavy atom. The number of methoxy groups -OCH3 is 2. The van der Waals surface area contributed by atoms with Crippen LogP contribution in [0.2, 0.25) is 5.02 Å². The van der Waals surface area contributed by atoms with E-state index in [9.17, 15) is 4.79 Å². The van der Waals surface area contributed by atoms with Gasteiger partial charge in [-0.3, -0.25) is 4.79 Å². The molecular formula is C24H20ClN3O3. The van der Waals surface area contributed by atoms with Crippen LogP contribution >= 0.6 is 11.6 Å². The summed E-state index contributed by atoms with van der Waals surface area (Å²) in [5.74, 6) is 0.859. The van der Waals surface area contributed by atoms with Gasteiger partial charge in [-0.1, -0.05) is 41.9 Å². The predicted molar refractivity (Wildman–Crippen MR) is 122 cm³/mol. The summed E-state index contributed by atoms with van der Waals surface area (Å²) in [6, 6.07) is 22.0. The summed E-state index contributed by atoms with van der Waals surface area (Å²) in [4.78, 5) is 13.2. The molecule has 4 aromatic rings. The van der Waals surface area contributed by atoms with Crippen LogP contribution < -0.4 is 14.8 Å². The third-order valence-corrected chi connectivity index (χ3v) is 5.10. The first-order valence-corrected chi connectivity index (χ1v) is 9.92. The van der Waals surface area contributed by atoms with Crippen LogP contribution in [-0.4, -0.2) is 29.9 Å². The first-order valence-electron chi connectivity index (χ1n) is 9.54. The van der Waals surface area contributed by atoms with Gasteiger partial charge < -0.3 is 14.8 Å². The van der Waals surface area contributed by atoms with Crippen LogP contribution in [0.5, 0.6) is 11.5 Å². The highest BCUT2D eigenvalue weighted by Crippen LogP contribution is 2.35. The van der Waals surface area contributed by atoms with E-state index in [1.54, 1.807) is 55.4 Å². The minimum atomic E-state index is -0.330. The van der Waals surface area contributed by atoms with E-state index in [0.29, 0.717) is 39.0 Å². The molecule has 0 bridgehead atoms. The molecule has 0 saturated heterocycles. The van der Waals surface area contributed by atoms with Gasteiger partial charge in [-0.2, -0.15) is 5.10 Å². The molecule has 156 valence electrons. The van der Waals surface area contributed by atoms with Gasteiger partial charge in [0.25, 0.3) is 5.91 Å². The van der Waals surface area contributed by atoms with Crippen molar-refractivity contribution in [2.24, 2.45) is 0 Å². The second kappa shape index (κ2) is 8.93. The van der Waals surface area contributed by atoms with E-state index >= 15 is 0 Å². The van der Waals surface area contributed by atoms with Gasteiger partial charge in [0.15, 0.2) is 0 Å². The molecule has 0 saturated carbocycles. The number of hydrogen-bond acceptors (Lipinski definition) is 4. The van der Waals surface area contributed by atoms with Crippen LogP contribution in [0.25, 0.3) is 16.9 Å². The molecule has 6 nitrogen and oxygen atoms in total. The van der Waals surface area contributed by atoms with Gasteiger partial charge >= 0.3 is 0 Å². The Bertz CT molecular complexity index is 1220. The number of para-hydroxylation sites is 2. The molecule has 0 atom stereocenters. The second-order valence-corrected chi connectivity index (χ2v) is 7.08. The zero-order chi connectivity index (χ0) is 21.8. The summed E-state index contributed by atoms with van der Waals surface area (Å²) in [5.41, 5.74) is 2.88. The quantitative estimate of drug-likeness (QED) is 0.438. The number of ether oxygens (including phenoxy) is 2. The van der Waals surface area contributed by atoms with Gasteiger partial charge in [-0.25, -0.2) is 4.68 Å². The largest absolute Gasteiger partial charge is 0.497 e. The third-order valence-electron chi connectivity index (χ3n) is 4.77. The number of carbonyl (C=O) groups is 1. The van der Waals surface area contributed by atoms with Crippen molar-refractivity contribution in [1.82, 2.24) is 9.78 Å². The normalized spacial score (nSPS) is 10.5. The van der Waals surface area contributed by atoms with Crippen LogP contribution in [0.3, 0.4) is 0 Å². The van der Waals surface area contributed by atoms with Crippen molar-refractivity contribution in [2.45, 2.75) is 0 Å². The molecule has 0 fully saturated rings. The van der Waals surface area contributed by atoms with Crippen molar-refractivity contribution in [2.75, 3.05) is 19.5 Å². The predicted octanol–water partition coefficient (Wildman–Crippen LogP) is 5.46. The van der Waals surface area contributed by atoms with E-state index in [0.717, 1.165) is 5.69 Å². The molecule has 1 amide bonds. The van der Waals surface area contributed by atoms with Crippen molar-refractivity contribution < 1.29 is 14.3 Å². The van der Waals surface area contributed by atoms with E-state index in [2.05, 4.69) is 5.32 Å². The average Bonchev–Trinajstić information content (AvgIpc) is 3.26. The molecule has 1 heterocycles. The van der Waals surface area contributed by atoms with Crippen LogP contribution in [0.4, 0.5) is 5.69 Å². The standard InChI is InChI=1S/C24H20ClN3O3/c1-30-17-12-13-18(22(14-17)31-2)23-19(15-28(27-23)16-8-4-3-5-9-16)24(29)26-21-11-7-6-10-20(21)25/h3-15H,1-2H3,(H,26,29). The monoisotopic (exact) mass is 433 g/mol. The lowest BCUT2D eigenvalue weighted by molar-refractivity contribution is 0.102. The average molecular weight is 434 g/mol. The molecule has 3 aromatic carbocycles. The number of halogens is 1. The highest BCUT2D eigenvalue weighted by atomic mass is 35.5. The molecule has 31 heavy (non-hydrogen) atoms. The van der Waals surface area contributed by atoms with Crippen molar-refractivity contribution in [3.63, 3.8) is 0 Å². The van der Waals surface area contributed by atoms with Crippen LogP contribution in [0.1, 0.15) is 10.4 Å². The molecule has 1 aromatic heterocycles. The number of hydrogen-bond donors (Lipinski definition) is 1. The van der Waals surface area contributed by atoms with E-state index in [4.69, 9.17) is 26.2 Å². The van der Waals surface area contributed by atoms with E-state index in [1.165, 1.54) is 0 Å². The van der Waals surface area contributed by atoms with Gasteiger partial charge in [-0.05, 0) is 36.4 Å². The summed E-state index contributed by atoms with van der Waals surface area (Å²) in [7, 11) is 3.15. The van der Waals surface area contributed by atoms with E-state index in [1.807, 2.05) is 42.5 Å². The van der Waals surface area contributed by atoms with Crippen molar-refractivity contribution in [3.05, 3.63) is 89.6 Å². The maximum atomic E-state index is 13.2. The van der Waals surface area contributed by atoms with Gasteiger partial charge in [0.05, 0.1) is 36.2 Å². The molecule has 4 rings (SSSR count). The van der Waals surface area contributed by atoms with Gasteiger partial charge in [0.1, 0.15) is 17.2 Å². The number of rotatable bonds is 6. The zero-order valence-corrected chi connectivity index (χ0v) is 17.8. The number of amides is 1. The Balaban J connectivity index is 1.83. The fourth-order valence-electron chi connectivity index (χ4n) is 3.20. The molecule has 0 aliphatic rings. The molecular weight excluding hydrogens is 414 g/mol. The Labute approximate surface area is 185 Å². The SMILES string of the molecule is COc1ccc(-c2nn(-c3ccccc3)cc2C(=O)Nc2ccccc2Cl)c(OC)c1. The Hall–Kier alpha value is -3.77. The summed E-state index contributed by atoms with van der Waals surface area (Å²) in [6.07, 6.45) is 1.69. The summed E-state index contributed by atoms with van der Waals surface area (Å²) < 4.78 is 12.5. The minimum absolute atomic E-state index is 0.330. The third kappa shape index (κ3) is 4.25. The zero-order valence-electron chi connectivity index (χ0n) is 17.0. The van der Waals surface area contributed by atoms with Gasteiger partial charge in [-0.15, -0.1) is 0 Å². The van der Waals surface area contributed by atoms with Crippen molar-refractivity contribution in [3.8, 4) is 28.4 Å². The van der Waals surface area contributed by atoms with Crippen molar-refractivity contribution >= 4 is 23.2 Å². The maximum absolute atomic E-state index is 13.2. The van der Waals surface area contributed by atoms with Gasteiger partial charge in [0.2, 0.25) is 0 Å². The number of anilines is 1. The maximum Gasteiger partial charge on any atom is 0.259 e. The summed E-state index contributed by atoms with van der Waals surface area (Å²) in [5, 5.41) is 8.03. The van der Waals surface area contributed by atoms with E-state index < -0.39 is 0 Å². The Morgan fingerprint density at radius 3 is 2.42 bits per heavy atom. The molecule has 0 spiro atoms. The Kier molecular flexibility index (Phi) is 5.91. The molecule has 7 heteroatoms. The lowest BCUT2D eigenvalue weighted by Crippen LogP contribution is -2.12. The number of nitrogens with one attached hydrogen (secondary N) is 1. The fraction of sp³-hybridized carbons (Fsp3) is 0.0833. The number of carbonyl (C=O) groups excluding carboxylic acids is 1. The number of nitrogens with zero attached hydrogens (tertiary/aromatic N) is 2. The van der Waals surface area contributed by atoms with E-state index in [-0.39, 0.29) is 5.91 Å². The molecule has 0 unspecified atom stereocenters. The lowest BCUT2D eigenvalue weighted by Gasteiger charge is -2.11. The molecule has 0 radical (unpaired) electrons. The highest BCUT2D eigenvalue weighted by molar-refractivity contribution is 6.34. The molecule has 0 aliphatic heterocycles. The fourth-order valence-corrected chi connectivity index (χ4v) is 3.38. The molecule has 1 N–H and O–H groups in total. The van der Waals surface area contributed by atoms with Crippen LogP contribution in [0, 0.1) is 0 Å². The summed E-state index contributed by atoms with van der Waals surface area (Å²) >= 11 is 6.23. The first kappa shape index (κ1) is 20.5. The second-order valence-electron chi connectivity index (χ2n) is 6.67. The highest BCUT2D eigenvalue weighted by Gasteiger charge is 2.22. The number of aromatic nitrogens is 2. The number of benzene rings is 3. The van der Waals surface area contributed by atoms with Crippen molar-refractivity contribution in [1.29, 1.82) is 0 Å². The van der Waals surface area contributed by atoms with Gasteiger partial charge in [0, 0.05) is 17.8 Å². The first-order chi connectivity index (χ1) is 15.1.